The highest BCUT2D eigenvalue weighted by Gasteiger charge is 2.17. The molecule has 1 aromatic carbocycles. The van der Waals surface area contributed by atoms with Gasteiger partial charge in [0.2, 0.25) is 0 Å². The van der Waals surface area contributed by atoms with Crippen molar-refractivity contribution in [2.75, 3.05) is 0 Å². The zero-order valence-corrected chi connectivity index (χ0v) is 9.70. The van der Waals surface area contributed by atoms with Crippen molar-refractivity contribution < 1.29 is 17.2 Å². The molecule has 7 heteroatoms. The predicted molar refractivity (Wildman–Crippen MR) is 52.1 cm³/mol. The van der Waals surface area contributed by atoms with E-state index >= 15 is 0 Å². The second-order valence-electron chi connectivity index (χ2n) is 2.42. The molecule has 0 saturated heterocycles. The minimum atomic E-state index is -3.96. The van der Waals surface area contributed by atoms with Crippen LogP contribution < -0.4 is 0 Å². The molecule has 0 aliphatic carbocycles. The van der Waals surface area contributed by atoms with Gasteiger partial charge in [-0.1, -0.05) is 15.9 Å². The van der Waals surface area contributed by atoms with Crippen molar-refractivity contribution in [2.45, 2.75) is 11.3 Å². The Morgan fingerprint density at radius 3 is 2.36 bits per heavy atom. The number of benzene rings is 1. The van der Waals surface area contributed by atoms with Crippen LogP contribution in [-0.4, -0.2) is 8.42 Å². The molecule has 0 aromatic heterocycles. The van der Waals surface area contributed by atoms with Crippen LogP contribution in [0.5, 0.6) is 0 Å². The monoisotopic (exact) mass is 304 g/mol. The quantitative estimate of drug-likeness (QED) is 0.786. The summed E-state index contributed by atoms with van der Waals surface area (Å²) in [5.41, 5.74) is -0.397. The zero-order valence-electron chi connectivity index (χ0n) is 6.55. The van der Waals surface area contributed by atoms with Gasteiger partial charge < -0.3 is 0 Å². The van der Waals surface area contributed by atoms with Gasteiger partial charge in [-0.15, -0.1) is 0 Å². The van der Waals surface area contributed by atoms with Gasteiger partial charge in [0.25, 0.3) is 15.5 Å². The molecular formula is C7H4BrClF2O2S. The maximum Gasteiger partial charge on any atom is 0.264 e. The van der Waals surface area contributed by atoms with Gasteiger partial charge in [0.05, 0.1) is 4.90 Å². The largest absolute Gasteiger partial charge is 0.264 e. The van der Waals surface area contributed by atoms with Crippen LogP contribution in [-0.2, 0) is 9.05 Å². The predicted octanol–water partition coefficient (Wildman–Crippen LogP) is 3.31. The third-order valence-corrected chi connectivity index (χ3v) is 3.56. The lowest BCUT2D eigenvalue weighted by molar-refractivity contribution is 0.150. The Labute approximate surface area is 92.4 Å². The fourth-order valence-electron chi connectivity index (χ4n) is 0.841. The van der Waals surface area contributed by atoms with Crippen molar-refractivity contribution in [3.8, 4) is 0 Å². The molecule has 0 aliphatic heterocycles. The van der Waals surface area contributed by atoms with E-state index in [0.717, 1.165) is 12.1 Å². The Kier molecular flexibility index (Phi) is 3.49. The maximum absolute atomic E-state index is 12.3. The first-order valence-corrected chi connectivity index (χ1v) is 6.45. The average Bonchev–Trinajstić information content (AvgIpc) is 2.02. The Balaban J connectivity index is 3.34. The Hall–Kier alpha value is -0.200. The number of hydrogen-bond donors (Lipinski definition) is 0. The SMILES string of the molecule is O=S(=O)(Cl)c1ccc(Br)c(C(F)F)c1. The van der Waals surface area contributed by atoms with E-state index in [1.165, 1.54) is 6.07 Å². The molecular weight excluding hydrogens is 301 g/mol. The molecule has 0 radical (unpaired) electrons. The number of rotatable bonds is 2. The van der Waals surface area contributed by atoms with Gasteiger partial charge in [-0.05, 0) is 18.2 Å². The summed E-state index contributed by atoms with van der Waals surface area (Å²) in [6.45, 7) is 0. The minimum absolute atomic E-state index is 0.150. The topological polar surface area (TPSA) is 34.1 Å². The van der Waals surface area contributed by atoms with E-state index in [1.807, 2.05) is 0 Å². The highest BCUT2D eigenvalue weighted by atomic mass is 79.9. The molecule has 0 unspecified atom stereocenters. The van der Waals surface area contributed by atoms with Crippen molar-refractivity contribution in [1.82, 2.24) is 0 Å². The van der Waals surface area contributed by atoms with Crippen molar-refractivity contribution >= 4 is 35.7 Å². The molecule has 14 heavy (non-hydrogen) atoms. The van der Waals surface area contributed by atoms with Crippen LogP contribution in [0.15, 0.2) is 27.6 Å². The van der Waals surface area contributed by atoms with Gasteiger partial charge in [0, 0.05) is 20.7 Å². The summed E-state index contributed by atoms with van der Waals surface area (Å²) < 4.78 is 46.5. The molecule has 0 fully saturated rings. The van der Waals surface area contributed by atoms with E-state index in [2.05, 4.69) is 15.9 Å². The van der Waals surface area contributed by atoms with Gasteiger partial charge in [-0.2, -0.15) is 0 Å². The Bertz CT molecular complexity index is 447. The van der Waals surface area contributed by atoms with Crippen LogP contribution in [0.1, 0.15) is 12.0 Å². The molecule has 0 amide bonds. The standard InChI is InChI=1S/C7H4BrClF2O2S/c8-6-2-1-4(14(9,12)13)3-5(6)7(10)11/h1-3,7H. The smallest absolute Gasteiger partial charge is 0.207 e. The first-order chi connectivity index (χ1) is 6.32. The van der Waals surface area contributed by atoms with Crippen LogP contribution in [0.3, 0.4) is 0 Å². The second-order valence-corrected chi connectivity index (χ2v) is 5.84. The van der Waals surface area contributed by atoms with E-state index in [4.69, 9.17) is 10.7 Å². The normalized spacial score (nSPS) is 12.1. The fourth-order valence-corrected chi connectivity index (χ4v) is 2.05. The second kappa shape index (κ2) is 4.12. The number of alkyl halides is 2. The van der Waals surface area contributed by atoms with E-state index < -0.39 is 21.0 Å². The third-order valence-electron chi connectivity index (χ3n) is 1.48. The fraction of sp³-hybridized carbons (Fsp3) is 0.143. The lowest BCUT2D eigenvalue weighted by atomic mass is 10.2. The van der Waals surface area contributed by atoms with Crippen LogP contribution in [0.25, 0.3) is 0 Å². The molecule has 0 N–H and O–H groups in total. The van der Waals surface area contributed by atoms with E-state index in [9.17, 15) is 17.2 Å². The van der Waals surface area contributed by atoms with E-state index in [1.54, 1.807) is 0 Å². The van der Waals surface area contributed by atoms with Crippen molar-refractivity contribution in [3.05, 3.63) is 28.2 Å². The molecule has 1 aromatic rings. The Morgan fingerprint density at radius 1 is 1.36 bits per heavy atom. The van der Waals surface area contributed by atoms with Crippen LogP contribution >= 0.6 is 26.6 Å². The summed E-state index contributed by atoms with van der Waals surface area (Å²) in [7, 11) is 1.04. The Morgan fingerprint density at radius 2 is 1.93 bits per heavy atom. The minimum Gasteiger partial charge on any atom is -0.207 e. The van der Waals surface area contributed by atoms with Crippen molar-refractivity contribution in [2.24, 2.45) is 0 Å². The average molecular weight is 306 g/mol. The third kappa shape index (κ3) is 2.65. The van der Waals surface area contributed by atoms with Gasteiger partial charge in [0.15, 0.2) is 0 Å². The van der Waals surface area contributed by atoms with Gasteiger partial charge in [-0.25, -0.2) is 17.2 Å². The molecule has 0 spiro atoms. The molecule has 78 valence electrons. The molecule has 0 atom stereocenters. The lowest BCUT2D eigenvalue weighted by Crippen LogP contribution is -1.94. The lowest BCUT2D eigenvalue weighted by Gasteiger charge is -2.04. The summed E-state index contributed by atoms with van der Waals surface area (Å²) in [5, 5.41) is 0. The van der Waals surface area contributed by atoms with Gasteiger partial charge in [-0.3, -0.25) is 0 Å². The summed E-state index contributed by atoms with van der Waals surface area (Å²) in [5.74, 6) is 0. The summed E-state index contributed by atoms with van der Waals surface area (Å²) in [6, 6.07) is 3.21. The van der Waals surface area contributed by atoms with Crippen molar-refractivity contribution in [3.63, 3.8) is 0 Å². The number of halogens is 4. The summed E-state index contributed by atoms with van der Waals surface area (Å²) in [6.07, 6.45) is -2.75. The molecule has 0 bridgehead atoms. The van der Waals surface area contributed by atoms with E-state index in [0.29, 0.717) is 0 Å². The maximum atomic E-state index is 12.3. The highest BCUT2D eigenvalue weighted by molar-refractivity contribution is 9.10. The van der Waals surface area contributed by atoms with Gasteiger partial charge >= 0.3 is 0 Å². The number of hydrogen-bond acceptors (Lipinski definition) is 2. The van der Waals surface area contributed by atoms with Crippen molar-refractivity contribution in [1.29, 1.82) is 0 Å². The highest BCUT2D eigenvalue weighted by Crippen LogP contribution is 2.30. The van der Waals surface area contributed by atoms with Crippen LogP contribution in [0, 0.1) is 0 Å². The van der Waals surface area contributed by atoms with E-state index in [-0.39, 0.29) is 9.37 Å². The molecule has 1 rings (SSSR count). The zero-order chi connectivity index (χ0) is 10.9. The molecule has 0 heterocycles. The van der Waals surface area contributed by atoms with Crippen LogP contribution in [0.2, 0.25) is 0 Å². The molecule has 2 nitrogen and oxygen atoms in total. The van der Waals surface area contributed by atoms with Crippen LogP contribution in [0.4, 0.5) is 8.78 Å². The summed E-state index contributed by atoms with van der Waals surface area (Å²) >= 11 is 2.88. The summed E-state index contributed by atoms with van der Waals surface area (Å²) in [4.78, 5) is -0.335. The van der Waals surface area contributed by atoms with Gasteiger partial charge in [0.1, 0.15) is 0 Å². The molecule has 0 saturated carbocycles. The molecule has 0 aliphatic rings. The first-order valence-electron chi connectivity index (χ1n) is 3.34. The first kappa shape index (κ1) is 11.9.